The fourth-order valence-electron chi connectivity index (χ4n) is 1.15. The van der Waals surface area contributed by atoms with Crippen LogP contribution >= 0.6 is 0 Å². The van der Waals surface area contributed by atoms with Gasteiger partial charge in [-0.25, -0.2) is 0 Å². The minimum Gasteiger partial charge on any atom is -0.394 e. The molecule has 18 heavy (non-hydrogen) atoms. The van der Waals surface area contributed by atoms with Crippen LogP contribution in [-0.2, 0) is 18.9 Å². The summed E-state index contributed by atoms with van der Waals surface area (Å²) in [7, 11) is 0. The molecule has 0 amide bonds. The third-order valence-corrected chi connectivity index (χ3v) is 2.19. The Kier molecular flexibility index (Phi) is 14.7. The van der Waals surface area contributed by atoms with E-state index in [0.717, 1.165) is 13.0 Å². The summed E-state index contributed by atoms with van der Waals surface area (Å²) < 4.78 is 21.0. The molecule has 0 fully saturated rings. The van der Waals surface area contributed by atoms with Crippen LogP contribution in [0, 0.1) is 5.92 Å². The van der Waals surface area contributed by atoms with Crippen molar-refractivity contribution in [3.8, 4) is 0 Å². The van der Waals surface area contributed by atoms with E-state index in [9.17, 15) is 0 Å². The Morgan fingerprint density at radius 3 is 1.44 bits per heavy atom. The molecule has 0 atom stereocenters. The largest absolute Gasteiger partial charge is 0.394 e. The molecular formula is C13H28O5. The van der Waals surface area contributed by atoms with Crippen LogP contribution in [0.5, 0.6) is 0 Å². The van der Waals surface area contributed by atoms with Crippen LogP contribution in [0.25, 0.3) is 0 Å². The van der Waals surface area contributed by atoms with Gasteiger partial charge >= 0.3 is 0 Å². The molecule has 0 aliphatic carbocycles. The maximum atomic E-state index is 8.46. The highest BCUT2D eigenvalue weighted by Gasteiger charge is 1.94. The Balaban J connectivity index is 2.90. The quantitative estimate of drug-likeness (QED) is 0.476. The van der Waals surface area contributed by atoms with Crippen molar-refractivity contribution in [2.24, 2.45) is 5.92 Å². The number of rotatable bonds is 14. The van der Waals surface area contributed by atoms with Crippen LogP contribution in [0.1, 0.15) is 20.3 Å². The summed E-state index contributed by atoms with van der Waals surface area (Å²) in [6.07, 6.45) is 1.09. The number of aliphatic hydroxyl groups excluding tert-OH is 1. The topological polar surface area (TPSA) is 57.2 Å². The standard InChI is InChI=1S/C13H28O5/c1-13(2)3-5-15-7-9-17-11-12-18-10-8-16-6-4-14/h13-14H,3-12H2,1-2H3. The molecule has 5 heteroatoms. The van der Waals surface area contributed by atoms with Gasteiger partial charge in [0.2, 0.25) is 0 Å². The second-order valence-electron chi connectivity index (χ2n) is 4.36. The first-order valence-electron chi connectivity index (χ1n) is 6.69. The predicted molar refractivity (Wildman–Crippen MR) is 69.8 cm³/mol. The zero-order chi connectivity index (χ0) is 13.5. The SMILES string of the molecule is CC(C)CCOCCOCCOCCOCCO. The van der Waals surface area contributed by atoms with Crippen molar-refractivity contribution in [3.63, 3.8) is 0 Å². The normalized spacial score (nSPS) is 11.3. The average molecular weight is 264 g/mol. The first-order valence-corrected chi connectivity index (χ1v) is 6.69. The molecule has 0 radical (unpaired) electrons. The molecule has 0 aromatic rings. The molecule has 0 heterocycles. The van der Waals surface area contributed by atoms with Gasteiger partial charge in [0, 0.05) is 6.61 Å². The van der Waals surface area contributed by atoms with Gasteiger partial charge in [-0.3, -0.25) is 0 Å². The molecule has 0 aliphatic rings. The van der Waals surface area contributed by atoms with Gasteiger partial charge in [0.1, 0.15) is 0 Å². The number of hydrogen-bond donors (Lipinski definition) is 1. The molecule has 0 saturated carbocycles. The molecule has 0 aromatic carbocycles. The molecular weight excluding hydrogens is 236 g/mol. The van der Waals surface area contributed by atoms with Gasteiger partial charge in [-0.2, -0.15) is 0 Å². The van der Waals surface area contributed by atoms with E-state index in [0.29, 0.717) is 52.2 Å². The molecule has 0 bridgehead atoms. The minimum atomic E-state index is 0.0555. The summed E-state index contributed by atoms with van der Waals surface area (Å²) in [5.41, 5.74) is 0. The summed E-state index contributed by atoms with van der Waals surface area (Å²) in [6.45, 7) is 9.04. The lowest BCUT2D eigenvalue weighted by molar-refractivity contribution is -0.00625. The zero-order valence-corrected chi connectivity index (χ0v) is 11.7. The summed E-state index contributed by atoms with van der Waals surface area (Å²) >= 11 is 0. The van der Waals surface area contributed by atoms with Crippen molar-refractivity contribution in [1.29, 1.82) is 0 Å². The van der Waals surface area contributed by atoms with E-state index in [1.54, 1.807) is 0 Å². The van der Waals surface area contributed by atoms with E-state index in [1.807, 2.05) is 0 Å². The van der Waals surface area contributed by atoms with E-state index >= 15 is 0 Å². The van der Waals surface area contributed by atoms with Gasteiger partial charge in [-0.15, -0.1) is 0 Å². The van der Waals surface area contributed by atoms with Gasteiger partial charge in [0.05, 0.1) is 52.9 Å². The van der Waals surface area contributed by atoms with Crippen molar-refractivity contribution < 1.29 is 24.1 Å². The van der Waals surface area contributed by atoms with E-state index in [4.69, 9.17) is 24.1 Å². The van der Waals surface area contributed by atoms with Crippen LogP contribution in [0.2, 0.25) is 0 Å². The van der Waals surface area contributed by atoms with E-state index in [2.05, 4.69) is 13.8 Å². The fraction of sp³-hybridized carbons (Fsp3) is 1.00. The van der Waals surface area contributed by atoms with Crippen LogP contribution in [0.15, 0.2) is 0 Å². The average Bonchev–Trinajstić information content (AvgIpc) is 2.34. The Labute approximate surface area is 110 Å². The van der Waals surface area contributed by atoms with E-state index in [1.165, 1.54) is 0 Å². The first kappa shape index (κ1) is 17.8. The molecule has 0 unspecified atom stereocenters. The summed E-state index contributed by atoms with van der Waals surface area (Å²) in [5, 5.41) is 8.46. The molecule has 110 valence electrons. The summed E-state index contributed by atoms with van der Waals surface area (Å²) in [5.74, 6) is 0.687. The predicted octanol–water partition coefficient (Wildman–Crippen LogP) is 1.09. The molecule has 5 nitrogen and oxygen atoms in total. The Bertz CT molecular complexity index is 152. The molecule has 0 saturated heterocycles. The first-order chi connectivity index (χ1) is 8.77. The number of aliphatic hydroxyl groups is 1. The Morgan fingerprint density at radius 2 is 1.06 bits per heavy atom. The zero-order valence-electron chi connectivity index (χ0n) is 11.7. The lowest BCUT2D eigenvalue weighted by Gasteiger charge is -2.08. The lowest BCUT2D eigenvalue weighted by atomic mass is 10.1. The van der Waals surface area contributed by atoms with Gasteiger partial charge in [0.15, 0.2) is 0 Å². The smallest absolute Gasteiger partial charge is 0.0701 e. The highest BCUT2D eigenvalue weighted by molar-refractivity contribution is 4.42. The molecule has 0 aliphatic heterocycles. The van der Waals surface area contributed by atoms with Crippen LogP contribution in [0.3, 0.4) is 0 Å². The maximum absolute atomic E-state index is 8.46. The van der Waals surface area contributed by atoms with Crippen molar-refractivity contribution in [2.75, 3.05) is 59.5 Å². The van der Waals surface area contributed by atoms with E-state index in [-0.39, 0.29) is 6.61 Å². The number of hydrogen-bond acceptors (Lipinski definition) is 5. The fourth-order valence-corrected chi connectivity index (χ4v) is 1.15. The van der Waals surface area contributed by atoms with Crippen molar-refractivity contribution >= 4 is 0 Å². The van der Waals surface area contributed by atoms with Crippen LogP contribution < -0.4 is 0 Å². The summed E-state index contributed by atoms with van der Waals surface area (Å²) in [6, 6.07) is 0. The van der Waals surface area contributed by atoms with Gasteiger partial charge < -0.3 is 24.1 Å². The monoisotopic (exact) mass is 264 g/mol. The van der Waals surface area contributed by atoms with Gasteiger partial charge in [-0.05, 0) is 12.3 Å². The third kappa shape index (κ3) is 15.8. The highest BCUT2D eigenvalue weighted by Crippen LogP contribution is 1.98. The third-order valence-electron chi connectivity index (χ3n) is 2.19. The number of ether oxygens (including phenoxy) is 4. The second kappa shape index (κ2) is 14.9. The lowest BCUT2D eigenvalue weighted by Crippen LogP contribution is -2.13. The molecule has 1 N–H and O–H groups in total. The van der Waals surface area contributed by atoms with Crippen molar-refractivity contribution in [3.05, 3.63) is 0 Å². The highest BCUT2D eigenvalue weighted by atomic mass is 16.6. The molecule has 0 spiro atoms. The summed E-state index contributed by atoms with van der Waals surface area (Å²) in [4.78, 5) is 0. The van der Waals surface area contributed by atoms with Crippen molar-refractivity contribution in [2.45, 2.75) is 20.3 Å². The Morgan fingerprint density at radius 1 is 0.667 bits per heavy atom. The maximum Gasteiger partial charge on any atom is 0.0701 e. The van der Waals surface area contributed by atoms with Crippen molar-refractivity contribution in [1.82, 2.24) is 0 Å². The van der Waals surface area contributed by atoms with Gasteiger partial charge in [0.25, 0.3) is 0 Å². The van der Waals surface area contributed by atoms with E-state index < -0.39 is 0 Å². The van der Waals surface area contributed by atoms with Crippen LogP contribution in [0.4, 0.5) is 0 Å². The van der Waals surface area contributed by atoms with Gasteiger partial charge in [-0.1, -0.05) is 13.8 Å². The molecule has 0 rings (SSSR count). The minimum absolute atomic E-state index is 0.0555. The molecule has 0 aromatic heterocycles. The Hall–Kier alpha value is -0.200. The van der Waals surface area contributed by atoms with Crippen LogP contribution in [-0.4, -0.2) is 64.6 Å². The second-order valence-corrected chi connectivity index (χ2v) is 4.36.